The number of hydrogen-bond donors (Lipinski definition) is 1. The van der Waals surface area contributed by atoms with E-state index in [0.29, 0.717) is 10.7 Å². The van der Waals surface area contributed by atoms with Gasteiger partial charge in [-0.25, -0.2) is 8.42 Å². The smallest absolute Gasteiger partial charge is 0.249 e. The van der Waals surface area contributed by atoms with Crippen LogP contribution >= 0.6 is 11.6 Å². The summed E-state index contributed by atoms with van der Waals surface area (Å²) in [5.74, 6) is -1.01. The highest BCUT2D eigenvalue weighted by atomic mass is 35.5. The highest BCUT2D eigenvalue weighted by Gasteiger charge is 2.54. The van der Waals surface area contributed by atoms with E-state index in [2.05, 4.69) is 4.99 Å². The maximum absolute atomic E-state index is 13.0. The normalized spacial score (nSPS) is 19.9. The molecule has 2 N–H and O–H groups in total. The second-order valence-electron chi connectivity index (χ2n) is 4.84. The van der Waals surface area contributed by atoms with Gasteiger partial charge < -0.3 is 5.73 Å². The van der Waals surface area contributed by atoms with E-state index in [9.17, 15) is 13.2 Å². The fourth-order valence-electron chi connectivity index (χ4n) is 2.48. The number of halogens is 1. The van der Waals surface area contributed by atoms with Gasteiger partial charge in [0.25, 0.3) is 0 Å². The molecular formula is C15H11ClN2O3S. The van der Waals surface area contributed by atoms with Gasteiger partial charge in [-0.3, -0.25) is 9.79 Å². The van der Waals surface area contributed by atoms with Gasteiger partial charge in [0.1, 0.15) is 0 Å². The number of fused-ring (bicyclic) bond motifs is 1. The van der Waals surface area contributed by atoms with E-state index in [0.717, 1.165) is 6.21 Å². The molecule has 2 aromatic carbocycles. The summed E-state index contributed by atoms with van der Waals surface area (Å²) in [5.41, 5.74) is 6.01. The van der Waals surface area contributed by atoms with Gasteiger partial charge in [-0.05, 0) is 30.3 Å². The molecule has 0 bridgehead atoms. The molecule has 1 aliphatic rings. The first-order valence-electron chi connectivity index (χ1n) is 6.34. The van der Waals surface area contributed by atoms with E-state index >= 15 is 0 Å². The maximum Gasteiger partial charge on any atom is 0.249 e. The first-order valence-corrected chi connectivity index (χ1v) is 8.20. The van der Waals surface area contributed by atoms with Crippen LogP contribution in [0.5, 0.6) is 0 Å². The molecule has 0 saturated carbocycles. The van der Waals surface area contributed by atoms with Crippen LogP contribution in [0.15, 0.2) is 58.4 Å². The molecule has 1 heterocycles. The van der Waals surface area contributed by atoms with E-state index in [4.69, 9.17) is 17.3 Å². The molecule has 1 atom stereocenters. The molecule has 0 radical (unpaired) electrons. The highest BCUT2D eigenvalue weighted by Crippen LogP contribution is 2.44. The number of nitrogens with two attached hydrogens (primary N) is 1. The van der Waals surface area contributed by atoms with Gasteiger partial charge in [0.2, 0.25) is 20.5 Å². The number of rotatable bonds is 3. The van der Waals surface area contributed by atoms with E-state index in [-0.39, 0.29) is 10.5 Å². The minimum atomic E-state index is -4.11. The van der Waals surface area contributed by atoms with Crippen LogP contribution in [0.25, 0.3) is 0 Å². The maximum atomic E-state index is 13.0. The number of nitrogens with zero attached hydrogens (tertiary/aromatic N) is 1. The predicted molar refractivity (Wildman–Crippen MR) is 84.1 cm³/mol. The van der Waals surface area contributed by atoms with Crippen molar-refractivity contribution in [3.8, 4) is 0 Å². The lowest BCUT2D eigenvalue weighted by molar-refractivity contribution is -0.118. The van der Waals surface area contributed by atoms with Crippen LogP contribution in [0.3, 0.4) is 0 Å². The van der Waals surface area contributed by atoms with Crippen LogP contribution in [0.4, 0.5) is 5.69 Å². The third-order valence-corrected chi connectivity index (χ3v) is 6.09. The van der Waals surface area contributed by atoms with Gasteiger partial charge in [-0.2, -0.15) is 0 Å². The fourth-order valence-corrected chi connectivity index (χ4v) is 4.45. The number of carbonyl (C=O) groups is 1. The molecule has 5 nitrogen and oxygen atoms in total. The fraction of sp³-hybridized carbons (Fsp3) is 0.0667. The number of sulfone groups is 1. The Morgan fingerprint density at radius 3 is 2.45 bits per heavy atom. The van der Waals surface area contributed by atoms with Crippen molar-refractivity contribution in [1.29, 1.82) is 0 Å². The van der Waals surface area contributed by atoms with Crippen molar-refractivity contribution in [1.82, 2.24) is 0 Å². The summed E-state index contributed by atoms with van der Waals surface area (Å²) < 4.78 is 24.0. The van der Waals surface area contributed by atoms with Crippen LogP contribution in [0.1, 0.15) is 5.56 Å². The number of amides is 1. The molecule has 22 heavy (non-hydrogen) atoms. The highest BCUT2D eigenvalue weighted by molar-refractivity contribution is 7.94. The SMILES string of the molecule is NC(=O)C1(S(=O)(=O)c2ccccc2)C=Nc2ccc(Cl)cc21. The summed E-state index contributed by atoms with van der Waals surface area (Å²) in [6, 6.07) is 12.2. The average molecular weight is 335 g/mol. The summed E-state index contributed by atoms with van der Waals surface area (Å²) in [4.78, 5) is 16.2. The van der Waals surface area contributed by atoms with Gasteiger partial charge in [0.15, 0.2) is 0 Å². The molecule has 0 saturated heterocycles. The Balaban J connectivity index is 2.33. The van der Waals surface area contributed by atoms with Crippen molar-refractivity contribution in [2.45, 2.75) is 9.64 Å². The number of primary amides is 1. The quantitative estimate of drug-likeness (QED) is 0.933. The zero-order valence-corrected chi connectivity index (χ0v) is 12.8. The first kappa shape index (κ1) is 14.7. The van der Waals surface area contributed by atoms with Crippen LogP contribution in [-0.4, -0.2) is 20.5 Å². The lowest BCUT2D eigenvalue weighted by atomic mass is 9.99. The minimum absolute atomic E-state index is 0.00641. The lowest BCUT2D eigenvalue weighted by Gasteiger charge is -2.24. The van der Waals surface area contributed by atoms with Gasteiger partial charge in [0.05, 0.1) is 10.6 Å². The molecule has 1 aliphatic heterocycles. The van der Waals surface area contributed by atoms with Crippen molar-refractivity contribution < 1.29 is 13.2 Å². The van der Waals surface area contributed by atoms with E-state index in [1.807, 2.05) is 0 Å². The summed E-state index contributed by atoms with van der Waals surface area (Å²) >= 11 is 5.95. The molecule has 7 heteroatoms. The largest absolute Gasteiger partial charge is 0.368 e. The van der Waals surface area contributed by atoms with E-state index < -0.39 is 20.5 Å². The Kier molecular flexibility index (Phi) is 3.30. The standard InChI is InChI=1S/C15H11ClN2O3S/c16-10-6-7-13-12(8-10)15(9-18-13,14(17)19)22(20,21)11-4-2-1-3-5-11/h1-9H,(H2,17,19). The Morgan fingerprint density at radius 2 is 1.82 bits per heavy atom. The third-order valence-electron chi connectivity index (χ3n) is 3.59. The van der Waals surface area contributed by atoms with Crippen molar-refractivity contribution >= 4 is 39.2 Å². The third kappa shape index (κ3) is 1.88. The summed E-state index contributed by atoms with van der Waals surface area (Å²) in [6.45, 7) is 0. The Labute approximate surface area is 132 Å². The van der Waals surface area contributed by atoms with E-state index in [1.54, 1.807) is 30.3 Å². The number of hydrogen-bond acceptors (Lipinski definition) is 4. The number of aliphatic imine (C=N–C) groups is 1. The van der Waals surface area contributed by atoms with Crippen molar-refractivity contribution in [2.75, 3.05) is 0 Å². The number of carbonyl (C=O) groups excluding carboxylic acids is 1. The molecule has 0 aromatic heterocycles. The first-order chi connectivity index (χ1) is 10.4. The van der Waals surface area contributed by atoms with Gasteiger partial charge in [-0.15, -0.1) is 0 Å². The zero-order valence-electron chi connectivity index (χ0n) is 11.2. The van der Waals surface area contributed by atoms with Crippen molar-refractivity contribution in [3.63, 3.8) is 0 Å². The van der Waals surface area contributed by atoms with Gasteiger partial charge in [0, 0.05) is 16.8 Å². The molecule has 3 rings (SSSR count). The minimum Gasteiger partial charge on any atom is -0.368 e. The van der Waals surface area contributed by atoms with Crippen LogP contribution in [0.2, 0.25) is 5.02 Å². The Morgan fingerprint density at radius 1 is 1.14 bits per heavy atom. The second kappa shape index (κ2) is 4.93. The molecule has 2 aromatic rings. The summed E-state index contributed by atoms with van der Waals surface area (Å²) in [6.07, 6.45) is 1.08. The average Bonchev–Trinajstić information content (AvgIpc) is 2.88. The summed E-state index contributed by atoms with van der Waals surface area (Å²) in [5, 5.41) is 0.304. The Bertz CT molecular complexity index is 894. The summed E-state index contributed by atoms with van der Waals surface area (Å²) in [7, 11) is -4.11. The molecule has 0 fully saturated rings. The topological polar surface area (TPSA) is 89.6 Å². The molecule has 1 unspecified atom stereocenters. The monoisotopic (exact) mass is 334 g/mol. The lowest BCUT2D eigenvalue weighted by Crippen LogP contribution is -2.47. The van der Waals surface area contributed by atoms with Crippen LogP contribution in [-0.2, 0) is 19.4 Å². The number of benzene rings is 2. The van der Waals surface area contributed by atoms with Gasteiger partial charge in [-0.1, -0.05) is 29.8 Å². The Hall–Kier alpha value is -2.18. The van der Waals surface area contributed by atoms with Crippen molar-refractivity contribution in [2.24, 2.45) is 10.7 Å². The molecule has 1 amide bonds. The van der Waals surface area contributed by atoms with Crippen LogP contribution in [0, 0.1) is 0 Å². The van der Waals surface area contributed by atoms with Crippen LogP contribution < -0.4 is 5.73 Å². The zero-order chi connectivity index (χ0) is 16.0. The van der Waals surface area contributed by atoms with Crippen molar-refractivity contribution in [3.05, 3.63) is 59.1 Å². The molecular weight excluding hydrogens is 324 g/mol. The molecule has 0 spiro atoms. The van der Waals surface area contributed by atoms with Gasteiger partial charge >= 0.3 is 0 Å². The van der Waals surface area contributed by atoms with E-state index in [1.165, 1.54) is 18.2 Å². The predicted octanol–water partition coefficient (Wildman–Crippen LogP) is 2.21. The molecule has 0 aliphatic carbocycles. The second-order valence-corrected chi connectivity index (χ2v) is 7.39. The molecule has 112 valence electrons.